The number of carbonyl (C=O) groups excluding carboxylic acids is 2. The van der Waals surface area contributed by atoms with E-state index in [-0.39, 0.29) is 41.6 Å². The van der Waals surface area contributed by atoms with E-state index in [9.17, 15) is 29.7 Å². The molecule has 6 rings (SSSR count). The third-order valence-electron chi connectivity index (χ3n) is 10.7. The molecule has 5 N–H and O–H groups in total. The molecule has 8 atom stereocenters. The summed E-state index contributed by atoms with van der Waals surface area (Å²) in [5, 5.41) is 38.0. The predicted molar refractivity (Wildman–Crippen MR) is 166 cm³/mol. The van der Waals surface area contributed by atoms with Gasteiger partial charge in [0.05, 0.1) is 31.9 Å². The number of rotatable bonds is 10. The quantitative estimate of drug-likeness (QED) is 0.268. The van der Waals surface area contributed by atoms with Crippen molar-refractivity contribution in [3.63, 3.8) is 0 Å². The summed E-state index contributed by atoms with van der Waals surface area (Å²) in [6.45, 7) is 8.11. The van der Waals surface area contributed by atoms with E-state index in [2.05, 4.69) is 31.4 Å². The number of hydroxylamine groups is 2. The second-order valence-corrected chi connectivity index (χ2v) is 13.4. The monoisotopic (exact) mass is 623 g/mol. The Morgan fingerprint density at radius 1 is 1.16 bits per heavy atom. The van der Waals surface area contributed by atoms with Gasteiger partial charge in [-0.1, -0.05) is 39.0 Å². The van der Waals surface area contributed by atoms with Crippen LogP contribution < -0.4 is 15.4 Å². The number of nitrogens with zero attached hydrogens (tertiary/aromatic N) is 1. The van der Waals surface area contributed by atoms with Crippen LogP contribution in [0.2, 0.25) is 0 Å². The molecule has 3 aliphatic carbocycles. The van der Waals surface area contributed by atoms with Crippen molar-refractivity contribution < 1.29 is 39.3 Å². The molecule has 45 heavy (non-hydrogen) atoms. The fraction of sp³-hybridized carbons (Fsp3) is 0.559. The molecular weight excluding hydrogens is 578 g/mol. The molecule has 2 amide bonds. The Kier molecular flexibility index (Phi) is 9.28. The zero-order valence-electron chi connectivity index (χ0n) is 26.7. The minimum Gasteiger partial charge on any atom is -0.496 e. The minimum atomic E-state index is -1.18. The predicted octanol–water partition coefficient (Wildman–Crippen LogP) is 3.08. The maximum Gasteiger partial charge on any atom is 0.335 e. The molecule has 11 heteroatoms. The smallest absolute Gasteiger partial charge is 0.335 e. The van der Waals surface area contributed by atoms with Crippen molar-refractivity contribution in [2.45, 2.75) is 71.4 Å². The maximum atomic E-state index is 14.0. The summed E-state index contributed by atoms with van der Waals surface area (Å²) in [5.41, 5.74) is 2.04. The number of fused-ring (bicyclic) bond motifs is 2. The van der Waals surface area contributed by atoms with E-state index in [0.29, 0.717) is 40.2 Å². The van der Waals surface area contributed by atoms with Gasteiger partial charge in [0.1, 0.15) is 17.9 Å². The molecule has 0 radical (unpaired) electrons. The summed E-state index contributed by atoms with van der Waals surface area (Å²) in [5.74, 6) is -0.746. The number of methoxy groups -OCH3 is 1. The van der Waals surface area contributed by atoms with Crippen molar-refractivity contribution in [1.82, 2.24) is 15.7 Å². The average Bonchev–Trinajstić information content (AvgIpc) is 3.39. The highest BCUT2D eigenvalue weighted by Gasteiger charge is 2.57. The molecule has 1 heterocycles. The van der Waals surface area contributed by atoms with Crippen LogP contribution in [0, 0.1) is 29.1 Å². The lowest BCUT2D eigenvalue weighted by molar-refractivity contribution is -0.183. The number of carbonyl (C=O) groups is 3. The van der Waals surface area contributed by atoms with Crippen LogP contribution in [0.25, 0.3) is 11.1 Å². The van der Waals surface area contributed by atoms with Gasteiger partial charge in [0.25, 0.3) is 5.91 Å². The summed E-state index contributed by atoms with van der Waals surface area (Å²) in [6, 6.07) is 8.85. The zero-order chi connectivity index (χ0) is 32.8. The van der Waals surface area contributed by atoms with Crippen molar-refractivity contribution in [3.8, 4) is 16.9 Å². The molecule has 3 saturated carbocycles. The summed E-state index contributed by atoms with van der Waals surface area (Å²) >= 11 is 0. The van der Waals surface area contributed by atoms with Gasteiger partial charge in [-0.05, 0) is 66.7 Å². The van der Waals surface area contributed by atoms with Gasteiger partial charge in [0, 0.05) is 35.7 Å². The molecule has 0 spiro atoms. The first-order valence-electron chi connectivity index (χ1n) is 15.6. The molecular formula is C34H45N3O8. The molecule has 2 aromatic carbocycles. The van der Waals surface area contributed by atoms with E-state index in [4.69, 9.17) is 9.57 Å². The van der Waals surface area contributed by atoms with Crippen LogP contribution in [0.5, 0.6) is 5.75 Å². The van der Waals surface area contributed by atoms with Gasteiger partial charge in [-0.3, -0.25) is 14.4 Å². The second kappa shape index (κ2) is 12.7. The lowest BCUT2D eigenvalue weighted by Crippen LogP contribution is -2.62. The number of aromatic carboxylic acids is 1. The van der Waals surface area contributed by atoms with Crippen molar-refractivity contribution >= 4 is 17.8 Å². The topological polar surface area (TPSA) is 158 Å². The maximum absolute atomic E-state index is 14.0. The van der Waals surface area contributed by atoms with Crippen LogP contribution in [0.4, 0.5) is 0 Å². The van der Waals surface area contributed by atoms with Gasteiger partial charge in [-0.25, -0.2) is 4.79 Å². The lowest BCUT2D eigenvalue weighted by atomic mass is 9.45. The third kappa shape index (κ3) is 5.94. The molecule has 11 nitrogen and oxygen atoms in total. The summed E-state index contributed by atoms with van der Waals surface area (Å²) < 4.78 is 5.83. The first kappa shape index (κ1) is 32.9. The van der Waals surface area contributed by atoms with Crippen LogP contribution >= 0.6 is 0 Å². The molecule has 1 aliphatic heterocycles. The van der Waals surface area contributed by atoms with Gasteiger partial charge < -0.3 is 30.7 Å². The fourth-order valence-corrected chi connectivity index (χ4v) is 8.01. The highest BCUT2D eigenvalue weighted by atomic mass is 16.7. The van der Waals surface area contributed by atoms with Crippen molar-refractivity contribution in [3.05, 3.63) is 53.1 Å². The largest absolute Gasteiger partial charge is 0.496 e. The number of hydrogen-bond donors (Lipinski definition) is 5. The SMILES string of the molecule is CNC(=O)c1cc(C(=O)O)cc(-c2cccc(CN3O[C@@H](CO)[C@@H]([C@H](C)O)[C@H]3C(=O)N[C@H]3CC4C[C@@H]([C@@H]3C)C4(C)C)c2OC)c1. The summed E-state index contributed by atoms with van der Waals surface area (Å²) in [6.07, 6.45) is 0.344. The first-order chi connectivity index (χ1) is 21.3. The number of benzene rings is 2. The Morgan fingerprint density at radius 3 is 2.44 bits per heavy atom. The highest BCUT2D eigenvalue weighted by Crippen LogP contribution is 2.61. The third-order valence-corrected chi connectivity index (χ3v) is 10.7. The summed E-state index contributed by atoms with van der Waals surface area (Å²) in [4.78, 5) is 44.5. The van der Waals surface area contributed by atoms with Crippen LogP contribution in [0.15, 0.2) is 36.4 Å². The molecule has 2 bridgehead atoms. The van der Waals surface area contributed by atoms with Gasteiger partial charge in [0.15, 0.2) is 0 Å². The standard InChI is InChI=1S/C34H45N3O8/c1-17-25-13-23(34(25,3)4)14-26(17)36-32(41)29-28(18(2)39)27(16-38)45-37(29)15-19-8-7-9-24(30(19)44-6)20-10-21(31(40)35-5)12-22(11-20)33(42)43/h7-12,17-18,23,25-29,38-39H,13-16H2,1-6H3,(H,35,40)(H,36,41)(H,42,43)/t17-,18-,23?,25-,26-,27-,28+,29-/m0/s1. The van der Waals surface area contributed by atoms with E-state index < -0.39 is 36.0 Å². The van der Waals surface area contributed by atoms with Crippen LogP contribution in [-0.2, 0) is 16.2 Å². The molecule has 1 unspecified atom stereocenters. The van der Waals surface area contributed by atoms with Gasteiger partial charge in [-0.2, -0.15) is 5.06 Å². The number of carboxylic acid groups (broad SMARTS) is 1. The molecule has 2 aromatic rings. The van der Waals surface area contributed by atoms with E-state index >= 15 is 0 Å². The molecule has 1 saturated heterocycles. The minimum absolute atomic E-state index is 0.00726. The number of amides is 2. The molecule has 4 aliphatic rings. The number of hydrogen-bond acceptors (Lipinski definition) is 8. The molecule has 0 aromatic heterocycles. The Labute approximate surface area is 263 Å². The van der Waals surface area contributed by atoms with Crippen LogP contribution in [-0.4, -0.2) is 83.2 Å². The highest BCUT2D eigenvalue weighted by molar-refractivity contribution is 5.99. The Hall–Kier alpha value is -3.51. The summed E-state index contributed by atoms with van der Waals surface area (Å²) in [7, 11) is 2.96. The van der Waals surface area contributed by atoms with Crippen molar-refractivity contribution in [1.29, 1.82) is 0 Å². The second-order valence-electron chi connectivity index (χ2n) is 13.4. The van der Waals surface area contributed by atoms with Gasteiger partial charge in [0.2, 0.25) is 5.91 Å². The Morgan fingerprint density at radius 2 is 1.87 bits per heavy atom. The average molecular weight is 624 g/mol. The van der Waals surface area contributed by atoms with E-state index in [0.717, 1.165) is 6.42 Å². The number of aliphatic hydroxyl groups excluding tert-OH is 2. The zero-order valence-corrected chi connectivity index (χ0v) is 26.7. The van der Waals surface area contributed by atoms with E-state index in [1.807, 2.05) is 6.07 Å². The number of ether oxygens (including phenoxy) is 1. The van der Waals surface area contributed by atoms with Crippen molar-refractivity contribution in [2.24, 2.45) is 29.1 Å². The first-order valence-corrected chi connectivity index (χ1v) is 15.6. The number of aliphatic hydroxyl groups is 2. The van der Waals surface area contributed by atoms with Crippen LogP contribution in [0.3, 0.4) is 0 Å². The van der Waals surface area contributed by atoms with Gasteiger partial charge >= 0.3 is 5.97 Å². The Balaban J connectivity index is 1.47. The van der Waals surface area contributed by atoms with Gasteiger partial charge in [-0.15, -0.1) is 0 Å². The number of carboxylic acids is 1. The fourth-order valence-electron chi connectivity index (χ4n) is 8.01. The van der Waals surface area contributed by atoms with Crippen molar-refractivity contribution in [2.75, 3.05) is 20.8 Å². The van der Waals surface area contributed by atoms with Crippen LogP contribution in [0.1, 0.15) is 66.8 Å². The molecule has 4 fully saturated rings. The molecule has 244 valence electrons. The number of nitrogens with one attached hydrogen (secondary N) is 2. The lowest BCUT2D eigenvalue weighted by Gasteiger charge is -2.62. The Bertz CT molecular complexity index is 1460. The number of para-hydroxylation sites is 1. The van der Waals surface area contributed by atoms with E-state index in [1.165, 1.54) is 37.8 Å². The normalized spacial score (nSPS) is 29.4. The van der Waals surface area contributed by atoms with E-state index in [1.54, 1.807) is 25.1 Å².